The second kappa shape index (κ2) is 6.51. The lowest BCUT2D eigenvalue weighted by atomic mass is 9.99. The summed E-state index contributed by atoms with van der Waals surface area (Å²) in [6, 6.07) is 0. The van der Waals surface area contributed by atoms with Crippen LogP contribution in [0.15, 0.2) is 0 Å². The Kier molecular flexibility index (Phi) is 5.47. The third kappa shape index (κ3) is 4.13. The van der Waals surface area contributed by atoms with E-state index in [0.29, 0.717) is 0 Å². The lowest BCUT2D eigenvalue weighted by Gasteiger charge is -2.07. The lowest BCUT2D eigenvalue weighted by molar-refractivity contribution is 0.465. The summed E-state index contributed by atoms with van der Waals surface area (Å²) in [5.74, 6) is 1.10. The molecule has 0 bridgehead atoms. The summed E-state index contributed by atoms with van der Waals surface area (Å²) >= 11 is 0. The van der Waals surface area contributed by atoms with E-state index in [1.807, 2.05) is 0 Å². The Morgan fingerprint density at radius 2 is 1.58 bits per heavy atom. The van der Waals surface area contributed by atoms with Crippen molar-refractivity contribution in [1.82, 2.24) is 0 Å². The van der Waals surface area contributed by atoms with Crippen molar-refractivity contribution in [2.75, 3.05) is 0 Å². The van der Waals surface area contributed by atoms with Crippen LogP contribution in [0.4, 0.5) is 0 Å². The Balaban J connectivity index is 1.81. The topological polar surface area (TPSA) is 0 Å². The minimum atomic E-state index is 1.10. The molecule has 1 saturated carbocycles. The summed E-state index contributed by atoms with van der Waals surface area (Å²) in [6.07, 6.45) is 14.4. The predicted octanol–water partition coefficient (Wildman–Crippen LogP) is 4.35. The third-order valence-corrected chi connectivity index (χ3v) is 3.09. The van der Waals surface area contributed by atoms with Crippen molar-refractivity contribution < 1.29 is 0 Å². The van der Waals surface area contributed by atoms with Crippen LogP contribution in [0.3, 0.4) is 0 Å². The first-order chi connectivity index (χ1) is 5.93. The van der Waals surface area contributed by atoms with Gasteiger partial charge in [-0.1, -0.05) is 71.1 Å². The first kappa shape index (κ1) is 10.1. The first-order valence-corrected chi connectivity index (χ1v) is 5.72. The van der Waals surface area contributed by atoms with Gasteiger partial charge in [0, 0.05) is 0 Å². The van der Waals surface area contributed by atoms with E-state index in [4.69, 9.17) is 0 Å². The zero-order valence-electron chi connectivity index (χ0n) is 8.36. The summed E-state index contributed by atoms with van der Waals surface area (Å²) in [6.45, 7) is 3.86. The molecule has 0 N–H and O–H groups in total. The highest BCUT2D eigenvalue weighted by Crippen LogP contribution is 2.29. The monoisotopic (exact) mass is 167 g/mol. The smallest absolute Gasteiger partial charge is 0.0414 e. The molecule has 0 aromatic carbocycles. The first-order valence-electron chi connectivity index (χ1n) is 5.72. The van der Waals surface area contributed by atoms with Gasteiger partial charge in [-0.25, -0.2) is 0 Å². The number of hydrogen-bond acceptors (Lipinski definition) is 0. The minimum Gasteiger partial charge on any atom is -0.0533 e. The second-order valence-corrected chi connectivity index (χ2v) is 4.21. The van der Waals surface area contributed by atoms with Gasteiger partial charge in [0.25, 0.3) is 0 Å². The van der Waals surface area contributed by atoms with E-state index in [9.17, 15) is 0 Å². The predicted molar refractivity (Wildman–Crippen MR) is 55.0 cm³/mol. The quantitative estimate of drug-likeness (QED) is 0.516. The van der Waals surface area contributed by atoms with Gasteiger partial charge in [-0.3, -0.25) is 0 Å². The van der Waals surface area contributed by atoms with Gasteiger partial charge in [0.2, 0.25) is 0 Å². The summed E-state index contributed by atoms with van der Waals surface area (Å²) in [5, 5.41) is 0. The fourth-order valence-corrected chi connectivity index (χ4v) is 2.26. The van der Waals surface area contributed by atoms with Crippen LogP contribution in [0.2, 0.25) is 0 Å². The van der Waals surface area contributed by atoms with Crippen molar-refractivity contribution in [2.45, 2.75) is 64.2 Å². The molecule has 0 aliphatic heterocycles. The molecular formula is C12H23. The van der Waals surface area contributed by atoms with E-state index >= 15 is 0 Å². The maximum Gasteiger partial charge on any atom is -0.0414 e. The van der Waals surface area contributed by atoms with Crippen LogP contribution >= 0.6 is 0 Å². The fraction of sp³-hybridized carbons (Fsp3) is 0.917. The Labute approximate surface area is 77.7 Å². The van der Waals surface area contributed by atoms with Crippen LogP contribution in [0.25, 0.3) is 0 Å². The second-order valence-electron chi connectivity index (χ2n) is 4.21. The van der Waals surface area contributed by atoms with Crippen LogP contribution in [0, 0.1) is 12.8 Å². The van der Waals surface area contributed by atoms with Gasteiger partial charge < -0.3 is 0 Å². The zero-order valence-corrected chi connectivity index (χ0v) is 8.36. The van der Waals surface area contributed by atoms with E-state index in [-0.39, 0.29) is 0 Å². The molecule has 1 radical (unpaired) electrons. The molecule has 0 aromatic heterocycles. The molecule has 0 atom stereocenters. The largest absolute Gasteiger partial charge is 0.0533 e. The highest BCUT2D eigenvalue weighted by molar-refractivity contribution is 4.66. The molecule has 1 aliphatic carbocycles. The number of hydrogen-bond donors (Lipinski definition) is 0. The molecule has 1 aliphatic rings. The van der Waals surface area contributed by atoms with Crippen molar-refractivity contribution in [1.29, 1.82) is 0 Å². The highest BCUT2D eigenvalue weighted by atomic mass is 14.2. The average Bonchev–Trinajstić information content (AvgIpc) is 2.57. The Morgan fingerprint density at radius 1 is 0.917 bits per heavy atom. The molecule has 0 spiro atoms. The number of rotatable bonds is 6. The third-order valence-electron chi connectivity index (χ3n) is 3.09. The molecule has 71 valence electrons. The molecule has 0 unspecified atom stereocenters. The van der Waals surface area contributed by atoms with Crippen molar-refractivity contribution in [3.05, 3.63) is 6.92 Å². The maximum absolute atomic E-state index is 3.86. The van der Waals surface area contributed by atoms with Gasteiger partial charge in [0.15, 0.2) is 0 Å². The Hall–Kier alpha value is 0. The van der Waals surface area contributed by atoms with Crippen LogP contribution in [0.5, 0.6) is 0 Å². The van der Waals surface area contributed by atoms with Crippen molar-refractivity contribution in [3.63, 3.8) is 0 Å². The normalized spacial score (nSPS) is 18.8. The zero-order chi connectivity index (χ0) is 8.65. The summed E-state index contributed by atoms with van der Waals surface area (Å²) in [4.78, 5) is 0. The molecule has 0 heterocycles. The average molecular weight is 167 g/mol. The molecular weight excluding hydrogens is 144 g/mol. The van der Waals surface area contributed by atoms with Gasteiger partial charge in [0.05, 0.1) is 0 Å². The van der Waals surface area contributed by atoms with Gasteiger partial charge in [-0.05, 0) is 5.92 Å². The highest BCUT2D eigenvalue weighted by Gasteiger charge is 2.13. The van der Waals surface area contributed by atoms with Gasteiger partial charge >= 0.3 is 0 Å². The summed E-state index contributed by atoms with van der Waals surface area (Å²) < 4.78 is 0. The van der Waals surface area contributed by atoms with Crippen molar-refractivity contribution >= 4 is 0 Å². The van der Waals surface area contributed by atoms with E-state index in [1.165, 1.54) is 57.8 Å². The van der Waals surface area contributed by atoms with Crippen LogP contribution in [0.1, 0.15) is 64.2 Å². The van der Waals surface area contributed by atoms with Gasteiger partial charge in [-0.2, -0.15) is 0 Å². The summed E-state index contributed by atoms with van der Waals surface area (Å²) in [5.41, 5.74) is 0. The SMILES string of the molecule is [CH2]CCCCCCC1CCCC1. The van der Waals surface area contributed by atoms with Crippen LogP contribution in [-0.4, -0.2) is 0 Å². The van der Waals surface area contributed by atoms with Crippen LogP contribution < -0.4 is 0 Å². The van der Waals surface area contributed by atoms with Crippen molar-refractivity contribution in [3.8, 4) is 0 Å². The maximum atomic E-state index is 3.86. The van der Waals surface area contributed by atoms with E-state index in [2.05, 4.69) is 6.92 Å². The fourth-order valence-electron chi connectivity index (χ4n) is 2.26. The van der Waals surface area contributed by atoms with E-state index < -0.39 is 0 Å². The van der Waals surface area contributed by atoms with E-state index in [1.54, 1.807) is 0 Å². The van der Waals surface area contributed by atoms with Gasteiger partial charge in [-0.15, -0.1) is 0 Å². The minimum absolute atomic E-state index is 1.10. The molecule has 12 heavy (non-hydrogen) atoms. The van der Waals surface area contributed by atoms with Crippen molar-refractivity contribution in [2.24, 2.45) is 5.92 Å². The van der Waals surface area contributed by atoms with E-state index in [0.717, 1.165) is 12.3 Å². The molecule has 0 saturated heterocycles. The molecule has 0 aromatic rings. The molecule has 0 heteroatoms. The Bertz CT molecular complexity index is 90.2. The Morgan fingerprint density at radius 3 is 2.25 bits per heavy atom. The molecule has 0 amide bonds. The molecule has 0 nitrogen and oxygen atoms in total. The van der Waals surface area contributed by atoms with Gasteiger partial charge in [0.1, 0.15) is 0 Å². The molecule has 1 rings (SSSR count). The standard InChI is InChI=1S/C12H23/c1-2-3-4-5-6-9-12-10-7-8-11-12/h12H,1-11H2. The summed E-state index contributed by atoms with van der Waals surface area (Å²) in [7, 11) is 0. The lowest BCUT2D eigenvalue weighted by Crippen LogP contribution is -1.92. The van der Waals surface area contributed by atoms with Crippen LogP contribution in [-0.2, 0) is 0 Å². The molecule has 1 fully saturated rings. The number of unbranched alkanes of at least 4 members (excludes halogenated alkanes) is 4.